The Labute approximate surface area is 156 Å². The summed E-state index contributed by atoms with van der Waals surface area (Å²) in [6.45, 7) is 9.55. The molecule has 5 nitrogen and oxygen atoms in total. The van der Waals surface area contributed by atoms with E-state index in [1.54, 1.807) is 19.2 Å². The Balaban J connectivity index is 0.000000590. The Morgan fingerprint density at radius 1 is 1.19 bits per heavy atom. The lowest BCUT2D eigenvalue weighted by Gasteiger charge is -2.10. The molecule has 1 aromatic rings. The number of rotatable bonds is 10. The number of nitrogens with one attached hydrogen (secondary N) is 1. The highest BCUT2D eigenvalue weighted by atomic mass is 16.5. The molecule has 0 bridgehead atoms. The first-order chi connectivity index (χ1) is 12.6. The van der Waals surface area contributed by atoms with Crippen LogP contribution in [-0.2, 0) is 19.1 Å². The van der Waals surface area contributed by atoms with Crippen LogP contribution in [0, 0.1) is 0 Å². The Bertz CT molecular complexity index is 567. The van der Waals surface area contributed by atoms with E-state index in [9.17, 15) is 9.59 Å². The van der Waals surface area contributed by atoms with Gasteiger partial charge < -0.3 is 14.8 Å². The number of ether oxygens (including phenoxy) is 2. The SMILES string of the molecule is C=CC(=O)OCCCC.C=CCOC(=O)C(C=Cc1ccccc1)NC. The molecule has 0 amide bonds. The largest absolute Gasteiger partial charge is 0.463 e. The molecule has 0 saturated carbocycles. The maximum atomic E-state index is 11.6. The lowest BCUT2D eigenvalue weighted by Crippen LogP contribution is -2.33. The zero-order valence-corrected chi connectivity index (χ0v) is 15.6. The van der Waals surface area contributed by atoms with Crippen molar-refractivity contribution in [3.05, 3.63) is 67.3 Å². The summed E-state index contributed by atoms with van der Waals surface area (Å²) >= 11 is 0. The third-order valence-corrected chi connectivity index (χ3v) is 3.10. The molecule has 0 fully saturated rings. The van der Waals surface area contributed by atoms with Crippen molar-refractivity contribution in [2.75, 3.05) is 20.3 Å². The van der Waals surface area contributed by atoms with E-state index in [0.29, 0.717) is 6.61 Å². The second kappa shape index (κ2) is 15.8. The zero-order chi connectivity index (χ0) is 19.6. The molecule has 5 heteroatoms. The summed E-state index contributed by atoms with van der Waals surface area (Å²) in [4.78, 5) is 21.9. The van der Waals surface area contributed by atoms with Gasteiger partial charge in [0.1, 0.15) is 12.6 Å². The third kappa shape index (κ3) is 11.8. The second-order valence-electron chi connectivity index (χ2n) is 5.18. The van der Waals surface area contributed by atoms with Crippen LogP contribution in [0.5, 0.6) is 0 Å². The molecule has 26 heavy (non-hydrogen) atoms. The first kappa shape index (κ1) is 23.3. The van der Waals surface area contributed by atoms with E-state index >= 15 is 0 Å². The summed E-state index contributed by atoms with van der Waals surface area (Å²) in [5, 5.41) is 2.89. The third-order valence-electron chi connectivity index (χ3n) is 3.10. The predicted octanol–water partition coefficient (Wildman–Crippen LogP) is 3.53. The van der Waals surface area contributed by atoms with Crippen LogP contribution in [-0.4, -0.2) is 38.2 Å². The number of likely N-dealkylation sites (N-methyl/N-ethyl adjacent to an activating group) is 1. The van der Waals surface area contributed by atoms with Crippen molar-refractivity contribution in [2.45, 2.75) is 25.8 Å². The molecule has 0 radical (unpaired) electrons. The van der Waals surface area contributed by atoms with Crippen LogP contribution < -0.4 is 5.32 Å². The summed E-state index contributed by atoms with van der Waals surface area (Å²) in [5.41, 5.74) is 1.05. The number of hydrogen-bond acceptors (Lipinski definition) is 5. The molecule has 0 saturated heterocycles. The molecule has 1 atom stereocenters. The molecular weight excluding hydrogens is 330 g/mol. The van der Waals surface area contributed by atoms with Crippen LogP contribution in [0.4, 0.5) is 0 Å². The van der Waals surface area contributed by atoms with Gasteiger partial charge in [-0.25, -0.2) is 9.59 Å². The molecule has 0 aromatic heterocycles. The first-order valence-corrected chi connectivity index (χ1v) is 8.56. The van der Waals surface area contributed by atoms with Crippen molar-refractivity contribution in [2.24, 2.45) is 0 Å². The average molecular weight is 359 g/mol. The van der Waals surface area contributed by atoms with Crippen LogP contribution in [0.1, 0.15) is 25.3 Å². The fourth-order valence-electron chi connectivity index (χ4n) is 1.67. The molecule has 0 aliphatic rings. The minimum atomic E-state index is -0.435. The Morgan fingerprint density at radius 2 is 1.88 bits per heavy atom. The molecule has 1 N–H and O–H groups in total. The van der Waals surface area contributed by atoms with E-state index in [2.05, 4.69) is 23.2 Å². The highest BCUT2D eigenvalue weighted by molar-refractivity contribution is 5.81. The van der Waals surface area contributed by atoms with Crippen LogP contribution >= 0.6 is 0 Å². The van der Waals surface area contributed by atoms with Gasteiger partial charge in [0, 0.05) is 6.08 Å². The lowest BCUT2D eigenvalue weighted by atomic mass is 10.2. The molecular formula is C21H29NO4. The van der Waals surface area contributed by atoms with Crippen LogP contribution in [0.25, 0.3) is 6.08 Å². The number of unbranched alkanes of at least 4 members (excludes halogenated alkanes) is 1. The Morgan fingerprint density at radius 3 is 2.42 bits per heavy atom. The zero-order valence-electron chi connectivity index (χ0n) is 15.6. The highest BCUT2D eigenvalue weighted by Gasteiger charge is 2.13. The summed E-state index contributed by atoms with van der Waals surface area (Å²) in [6, 6.07) is 9.35. The summed E-state index contributed by atoms with van der Waals surface area (Å²) in [6.07, 6.45) is 8.36. The van der Waals surface area contributed by atoms with Crippen LogP contribution in [0.15, 0.2) is 61.7 Å². The minimum absolute atomic E-state index is 0.232. The highest BCUT2D eigenvalue weighted by Crippen LogP contribution is 2.03. The smallest absolute Gasteiger partial charge is 0.330 e. The van der Waals surface area contributed by atoms with Crippen molar-refractivity contribution in [3.8, 4) is 0 Å². The van der Waals surface area contributed by atoms with Crippen molar-refractivity contribution in [1.82, 2.24) is 5.32 Å². The van der Waals surface area contributed by atoms with E-state index in [1.165, 1.54) is 6.08 Å². The maximum Gasteiger partial charge on any atom is 0.330 e. The number of carbonyl (C=O) groups is 2. The van der Waals surface area contributed by atoms with Gasteiger partial charge in [0.2, 0.25) is 0 Å². The lowest BCUT2D eigenvalue weighted by molar-refractivity contribution is -0.143. The fraction of sp³-hybridized carbons (Fsp3) is 0.333. The Kier molecular flexibility index (Phi) is 14.2. The predicted molar refractivity (Wildman–Crippen MR) is 106 cm³/mol. The summed E-state index contributed by atoms with van der Waals surface area (Å²) in [5.74, 6) is -0.636. The molecule has 0 heterocycles. The van der Waals surface area contributed by atoms with E-state index in [0.717, 1.165) is 18.4 Å². The van der Waals surface area contributed by atoms with E-state index in [1.807, 2.05) is 43.3 Å². The van der Waals surface area contributed by atoms with Gasteiger partial charge >= 0.3 is 11.9 Å². The molecule has 0 spiro atoms. The quantitative estimate of drug-likeness (QED) is 0.300. The monoisotopic (exact) mass is 359 g/mol. The van der Waals surface area contributed by atoms with Crippen molar-refractivity contribution < 1.29 is 19.1 Å². The van der Waals surface area contributed by atoms with Gasteiger partial charge in [0.25, 0.3) is 0 Å². The van der Waals surface area contributed by atoms with Gasteiger partial charge in [-0.15, -0.1) is 0 Å². The topological polar surface area (TPSA) is 64.6 Å². The van der Waals surface area contributed by atoms with Gasteiger partial charge in [0.05, 0.1) is 6.61 Å². The van der Waals surface area contributed by atoms with Crippen LogP contribution in [0.3, 0.4) is 0 Å². The molecule has 142 valence electrons. The molecule has 0 aliphatic carbocycles. The standard InChI is InChI=1S/C14H17NO2.C7H12O2/c1-3-11-17-14(16)13(15-2)10-9-12-7-5-4-6-8-12;1-3-5-6-9-7(8)4-2/h3-10,13,15H,1,11H2,2H3;4H,2-3,5-6H2,1H3. The van der Waals surface area contributed by atoms with Gasteiger partial charge in [-0.05, 0) is 19.0 Å². The minimum Gasteiger partial charge on any atom is -0.463 e. The van der Waals surface area contributed by atoms with Gasteiger partial charge in [-0.2, -0.15) is 0 Å². The molecule has 1 aromatic carbocycles. The normalized spacial score (nSPS) is 11.0. The second-order valence-corrected chi connectivity index (χ2v) is 5.18. The van der Waals surface area contributed by atoms with E-state index in [-0.39, 0.29) is 18.5 Å². The molecule has 1 rings (SSSR count). The Hall–Kier alpha value is -2.66. The van der Waals surface area contributed by atoms with Crippen LogP contribution in [0.2, 0.25) is 0 Å². The number of hydrogen-bond donors (Lipinski definition) is 1. The first-order valence-electron chi connectivity index (χ1n) is 8.56. The van der Waals surface area contributed by atoms with Gasteiger partial charge in [0.15, 0.2) is 0 Å². The van der Waals surface area contributed by atoms with Crippen molar-refractivity contribution >= 4 is 18.0 Å². The fourth-order valence-corrected chi connectivity index (χ4v) is 1.67. The average Bonchev–Trinajstić information content (AvgIpc) is 2.68. The maximum absolute atomic E-state index is 11.6. The summed E-state index contributed by atoms with van der Waals surface area (Å²) in [7, 11) is 1.72. The molecule has 1 unspecified atom stereocenters. The number of benzene rings is 1. The van der Waals surface area contributed by atoms with Crippen molar-refractivity contribution in [1.29, 1.82) is 0 Å². The number of carbonyl (C=O) groups excluding carboxylic acids is 2. The van der Waals surface area contributed by atoms with E-state index in [4.69, 9.17) is 4.74 Å². The molecule has 0 aliphatic heterocycles. The summed E-state index contributed by atoms with van der Waals surface area (Å²) < 4.78 is 9.64. The number of esters is 2. The van der Waals surface area contributed by atoms with Gasteiger partial charge in [-0.3, -0.25) is 0 Å². The van der Waals surface area contributed by atoms with Crippen molar-refractivity contribution in [3.63, 3.8) is 0 Å². The van der Waals surface area contributed by atoms with E-state index < -0.39 is 6.04 Å². The van der Waals surface area contributed by atoms with Gasteiger partial charge in [-0.1, -0.05) is 75.1 Å².